The summed E-state index contributed by atoms with van der Waals surface area (Å²) in [7, 11) is 0. The minimum atomic E-state index is -0.271. The van der Waals surface area contributed by atoms with E-state index in [1.807, 2.05) is 20.8 Å². The summed E-state index contributed by atoms with van der Waals surface area (Å²) in [5.41, 5.74) is 0.814. The molecule has 0 radical (unpaired) electrons. The van der Waals surface area contributed by atoms with Crippen LogP contribution in [-0.2, 0) is 16.1 Å². The lowest BCUT2D eigenvalue weighted by atomic mass is 10.2. The SMILES string of the molecule is CCCNC(=O)CNC(=O)CCn1cnc2sc(C)c(C)c2c1=O. The van der Waals surface area contributed by atoms with Crippen LogP contribution in [0.3, 0.4) is 0 Å². The number of nitrogens with zero attached hydrogens (tertiary/aromatic N) is 2. The van der Waals surface area contributed by atoms with Crippen molar-refractivity contribution in [2.45, 2.75) is 40.2 Å². The lowest BCUT2D eigenvalue weighted by Crippen LogP contribution is -2.37. The van der Waals surface area contributed by atoms with E-state index in [2.05, 4.69) is 15.6 Å². The Labute approximate surface area is 144 Å². The Hall–Kier alpha value is -2.22. The normalized spacial score (nSPS) is 10.8. The second-order valence-corrected chi connectivity index (χ2v) is 6.79. The van der Waals surface area contributed by atoms with Crippen molar-refractivity contribution in [1.82, 2.24) is 20.2 Å². The Morgan fingerprint density at radius 1 is 1.25 bits per heavy atom. The van der Waals surface area contributed by atoms with E-state index in [1.54, 1.807) is 0 Å². The van der Waals surface area contributed by atoms with Gasteiger partial charge in [0.15, 0.2) is 0 Å². The number of carbonyl (C=O) groups is 2. The van der Waals surface area contributed by atoms with Gasteiger partial charge < -0.3 is 10.6 Å². The molecular weight excluding hydrogens is 328 g/mol. The molecule has 2 amide bonds. The molecule has 2 N–H and O–H groups in total. The molecule has 0 fully saturated rings. The monoisotopic (exact) mass is 350 g/mol. The number of carbonyl (C=O) groups excluding carboxylic acids is 2. The van der Waals surface area contributed by atoms with Gasteiger partial charge in [-0.15, -0.1) is 11.3 Å². The maximum Gasteiger partial charge on any atom is 0.262 e. The van der Waals surface area contributed by atoms with Crippen LogP contribution in [0.1, 0.15) is 30.2 Å². The van der Waals surface area contributed by atoms with Gasteiger partial charge in [-0.2, -0.15) is 0 Å². The first-order chi connectivity index (χ1) is 11.4. The summed E-state index contributed by atoms with van der Waals surface area (Å²) in [6, 6.07) is 0. The predicted molar refractivity (Wildman–Crippen MR) is 94.3 cm³/mol. The van der Waals surface area contributed by atoms with E-state index in [0.717, 1.165) is 21.7 Å². The van der Waals surface area contributed by atoms with E-state index in [4.69, 9.17) is 0 Å². The number of nitrogens with one attached hydrogen (secondary N) is 2. The molecular formula is C16H22N4O3S. The first-order valence-corrected chi connectivity index (χ1v) is 8.74. The largest absolute Gasteiger partial charge is 0.355 e. The maximum atomic E-state index is 12.5. The van der Waals surface area contributed by atoms with Gasteiger partial charge in [0.25, 0.3) is 5.56 Å². The van der Waals surface area contributed by atoms with Gasteiger partial charge in [-0.3, -0.25) is 19.0 Å². The fraction of sp³-hybridized carbons (Fsp3) is 0.500. The fourth-order valence-corrected chi connectivity index (χ4v) is 3.23. The standard InChI is InChI=1S/C16H22N4O3S/c1-4-6-17-13(22)8-18-12(21)5-7-20-9-19-15-14(16(20)23)10(2)11(3)24-15/h9H,4-8H2,1-3H3,(H,17,22)(H,18,21). The Morgan fingerprint density at radius 3 is 2.71 bits per heavy atom. The van der Waals surface area contributed by atoms with E-state index in [0.29, 0.717) is 11.9 Å². The van der Waals surface area contributed by atoms with Crippen molar-refractivity contribution in [2.24, 2.45) is 0 Å². The Morgan fingerprint density at radius 2 is 2.00 bits per heavy atom. The van der Waals surface area contributed by atoms with Crippen molar-refractivity contribution in [1.29, 1.82) is 0 Å². The zero-order valence-corrected chi connectivity index (χ0v) is 15.0. The second-order valence-electron chi connectivity index (χ2n) is 5.58. The van der Waals surface area contributed by atoms with Gasteiger partial charge in [0.1, 0.15) is 4.83 Å². The minimum Gasteiger partial charge on any atom is -0.355 e. The number of rotatable bonds is 7. The number of thiophene rings is 1. The summed E-state index contributed by atoms with van der Waals surface area (Å²) in [4.78, 5) is 41.8. The summed E-state index contributed by atoms with van der Waals surface area (Å²) >= 11 is 1.50. The molecule has 0 unspecified atom stereocenters. The van der Waals surface area contributed by atoms with Gasteiger partial charge in [-0.05, 0) is 25.8 Å². The topological polar surface area (TPSA) is 93.1 Å². The van der Waals surface area contributed by atoms with Gasteiger partial charge in [-0.25, -0.2) is 4.98 Å². The molecule has 2 aromatic heterocycles. The molecule has 0 aromatic carbocycles. The molecule has 0 saturated carbocycles. The summed E-state index contributed by atoms with van der Waals surface area (Å²) < 4.78 is 1.44. The first kappa shape index (κ1) is 18.1. The average molecular weight is 350 g/mol. The molecule has 0 aliphatic rings. The van der Waals surface area contributed by atoms with Crippen LogP contribution in [-0.4, -0.2) is 34.5 Å². The zero-order chi connectivity index (χ0) is 17.7. The van der Waals surface area contributed by atoms with Crippen LogP contribution < -0.4 is 16.2 Å². The fourth-order valence-electron chi connectivity index (χ4n) is 2.25. The number of hydrogen-bond donors (Lipinski definition) is 2. The molecule has 0 saturated heterocycles. The van der Waals surface area contributed by atoms with E-state index in [9.17, 15) is 14.4 Å². The van der Waals surface area contributed by atoms with Gasteiger partial charge in [0.2, 0.25) is 11.8 Å². The summed E-state index contributed by atoms with van der Waals surface area (Å²) in [5.74, 6) is -0.485. The molecule has 0 spiro atoms. The highest BCUT2D eigenvalue weighted by molar-refractivity contribution is 7.18. The van der Waals surface area contributed by atoms with Gasteiger partial charge in [0, 0.05) is 24.4 Å². The Balaban J connectivity index is 1.95. The van der Waals surface area contributed by atoms with Gasteiger partial charge in [0.05, 0.1) is 18.3 Å². The van der Waals surface area contributed by atoms with Crippen LogP contribution in [0.2, 0.25) is 0 Å². The lowest BCUT2D eigenvalue weighted by Gasteiger charge is -2.07. The number of aryl methyl sites for hydroxylation is 3. The molecule has 7 nitrogen and oxygen atoms in total. The Bertz CT molecular complexity index is 809. The summed E-state index contributed by atoms with van der Waals surface area (Å²) in [5, 5.41) is 5.85. The molecule has 24 heavy (non-hydrogen) atoms. The molecule has 0 aliphatic carbocycles. The molecule has 8 heteroatoms. The van der Waals surface area contributed by atoms with E-state index in [-0.39, 0.29) is 36.9 Å². The van der Waals surface area contributed by atoms with Crippen molar-refractivity contribution in [3.63, 3.8) is 0 Å². The van der Waals surface area contributed by atoms with Crippen molar-refractivity contribution < 1.29 is 9.59 Å². The minimum absolute atomic E-state index is 0.0478. The number of amides is 2. The molecule has 2 aromatic rings. The van der Waals surface area contributed by atoms with E-state index in [1.165, 1.54) is 22.2 Å². The van der Waals surface area contributed by atoms with Crippen molar-refractivity contribution in [2.75, 3.05) is 13.1 Å². The molecule has 130 valence electrons. The van der Waals surface area contributed by atoms with E-state index < -0.39 is 0 Å². The summed E-state index contributed by atoms with van der Waals surface area (Å²) in [6.07, 6.45) is 2.44. The number of aromatic nitrogens is 2. The third-order valence-electron chi connectivity index (χ3n) is 3.75. The van der Waals surface area contributed by atoms with Crippen LogP contribution >= 0.6 is 11.3 Å². The second kappa shape index (κ2) is 8.05. The van der Waals surface area contributed by atoms with E-state index >= 15 is 0 Å². The average Bonchev–Trinajstić information content (AvgIpc) is 2.85. The highest BCUT2D eigenvalue weighted by Crippen LogP contribution is 2.25. The lowest BCUT2D eigenvalue weighted by molar-refractivity contribution is -0.126. The van der Waals surface area contributed by atoms with Crippen LogP contribution in [0.15, 0.2) is 11.1 Å². The highest BCUT2D eigenvalue weighted by Gasteiger charge is 2.13. The first-order valence-electron chi connectivity index (χ1n) is 7.92. The van der Waals surface area contributed by atoms with Gasteiger partial charge >= 0.3 is 0 Å². The number of hydrogen-bond acceptors (Lipinski definition) is 5. The molecule has 2 heterocycles. The van der Waals surface area contributed by atoms with Crippen molar-refractivity contribution >= 4 is 33.4 Å². The van der Waals surface area contributed by atoms with Crippen LogP contribution in [0, 0.1) is 13.8 Å². The molecule has 0 atom stereocenters. The third-order valence-corrected chi connectivity index (χ3v) is 4.87. The number of fused-ring (bicyclic) bond motifs is 1. The highest BCUT2D eigenvalue weighted by atomic mass is 32.1. The van der Waals surface area contributed by atoms with Crippen LogP contribution in [0.4, 0.5) is 0 Å². The van der Waals surface area contributed by atoms with Gasteiger partial charge in [-0.1, -0.05) is 6.92 Å². The van der Waals surface area contributed by atoms with Crippen molar-refractivity contribution in [3.05, 3.63) is 27.1 Å². The smallest absolute Gasteiger partial charge is 0.262 e. The quantitative estimate of drug-likeness (QED) is 0.782. The molecule has 0 bridgehead atoms. The maximum absolute atomic E-state index is 12.5. The summed E-state index contributed by atoms with van der Waals surface area (Å²) in [6.45, 7) is 6.60. The Kier molecular flexibility index (Phi) is 6.08. The molecule has 2 rings (SSSR count). The molecule has 0 aliphatic heterocycles. The predicted octanol–water partition coefficient (Wildman–Crippen LogP) is 1.11. The van der Waals surface area contributed by atoms with Crippen molar-refractivity contribution in [3.8, 4) is 0 Å². The zero-order valence-electron chi connectivity index (χ0n) is 14.1. The third kappa shape index (κ3) is 4.19. The van der Waals surface area contributed by atoms with Crippen LogP contribution in [0.5, 0.6) is 0 Å². The van der Waals surface area contributed by atoms with Crippen LogP contribution in [0.25, 0.3) is 10.2 Å².